The molecule has 0 radical (unpaired) electrons. The molecule has 0 spiro atoms. The number of aryl methyl sites for hydroxylation is 1. The van der Waals surface area contributed by atoms with Gasteiger partial charge in [-0.15, -0.1) is 0 Å². The number of benzene rings is 1. The monoisotopic (exact) mass is 288 g/mol. The summed E-state index contributed by atoms with van der Waals surface area (Å²) in [5.41, 5.74) is 3.29. The van der Waals surface area contributed by atoms with Crippen LogP contribution in [0.25, 0.3) is 6.08 Å². The highest BCUT2D eigenvalue weighted by molar-refractivity contribution is 5.85. The van der Waals surface area contributed by atoms with Gasteiger partial charge in [-0.05, 0) is 63.2 Å². The number of carbonyl (C=O) groups is 1. The zero-order chi connectivity index (χ0) is 15.4. The number of hydrogen-bond donors (Lipinski definition) is 1. The van der Waals surface area contributed by atoms with Crippen LogP contribution < -0.4 is 4.90 Å². The number of aliphatic carboxylic acids is 1. The Kier molecular flexibility index (Phi) is 5.02. The van der Waals surface area contributed by atoms with Crippen LogP contribution in [0.5, 0.6) is 0 Å². The SMILES string of the molecule is Cc1cc(N2CCCN(C)CC2C)ccc1/C=C/C(=O)O. The van der Waals surface area contributed by atoms with Crippen molar-refractivity contribution >= 4 is 17.7 Å². The fourth-order valence-electron chi connectivity index (χ4n) is 2.94. The van der Waals surface area contributed by atoms with Gasteiger partial charge in [-0.3, -0.25) is 0 Å². The van der Waals surface area contributed by atoms with Crippen molar-refractivity contribution in [2.24, 2.45) is 0 Å². The Morgan fingerprint density at radius 1 is 1.38 bits per heavy atom. The van der Waals surface area contributed by atoms with Gasteiger partial charge >= 0.3 is 5.97 Å². The van der Waals surface area contributed by atoms with Crippen molar-refractivity contribution in [1.29, 1.82) is 0 Å². The lowest BCUT2D eigenvalue weighted by molar-refractivity contribution is -0.131. The van der Waals surface area contributed by atoms with Gasteiger partial charge in [0.15, 0.2) is 0 Å². The largest absolute Gasteiger partial charge is 0.478 e. The van der Waals surface area contributed by atoms with Gasteiger partial charge in [0, 0.05) is 30.9 Å². The van der Waals surface area contributed by atoms with E-state index in [1.807, 2.05) is 13.0 Å². The number of likely N-dealkylation sites (N-methyl/N-ethyl adjacent to an activating group) is 1. The molecule has 1 atom stereocenters. The molecule has 0 bridgehead atoms. The van der Waals surface area contributed by atoms with Crippen molar-refractivity contribution in [3.05, 3.63) is 35.4 Å². The van der Waals surface area contributed by atoms with E-state index in [1.54, 1.807) is 6.08 Å². The Morgan fingerprint density at radius 2 is 2.14 bits per heavy atom. The average molecular weight is 288 g/mol. The lowest BCUT2D eigenvalue weighted by atomic mass is 10.1. The minimum Gasteiger partial charge on any atom is -0.478 e. The summed E-state index contributed by atoms with van der Waals surface area (Å²) in [4.78, 5) is 15.4. The third kappa shape index (κ3) is 4.08. The number of nitrogens with zero attached hydrogens (tertiary/aromatic N) is 2. The van der Waals surface area contributed by atoms with Crippen LogP contribution in [0.4, 0.5) is 5.69 Å². The minimum atomic E-state index is -0.914. The molecule has 4 nitrogen and oxygen atoms in total. The van der Waals surface area contributed by atoms with E-state index in [2.05, 4.69) is 35.9 Å². The lowest BCUT2D eigenvalue weighted by Gasteiger charge is -2.30. The molecule has 1 aliphatic heterocycles. The second-order valence-corrected chi connectivity index (χ2v) is 5.87. The Bertz CT molecular complexity index is 540. The zero-order valence-corrected chi connectivity index (χ0v) is 13.0. The molecule has 4 heteroatoms. The lowest BCUT2D eigenvalue weighted by Crippen LogP contribution is -2.37. The van der Waals surface area contributed by atoms with E-state index in [-0.39, 0.29) is 0 Å². The molecule has 1 N–H and O–H groups in total. The fraction of sp³-hybridized carbons (Fsp3) is 0.471. The number of carboxylic acid groups (broad SMARTS) is 1. The van der Waals surface area contributed by atoms with Crippen LogP contribution in [0, 0.1) is 6.92 Å². The predicted octanol–water partition coefficient (Wildman–Crippen LogP) is 2.62. The molecular formula is C17H24N2O2. The summed E-state index contributed by atoms with van der Waals surface area (Å²) < 4.78 is 0. The second kappa shape index (κ2) is 6.76. The van der Waals surface area contributed by atoms with Gasteiger partial charge in [-0.25, -0.2) is 4.79 Å². The summed E-state index contributed by atoms with van der Waals surface area (Å²) in [5, 5.41) is 8.72. The maximum Gasteiger partial charge on any atom is 0.328 e. The topological polar surface area (TPSA) is 43.8 Å². The second-order valence-electron chi connectivity index (χ2n) is 5.87. The van der Waals surface area contributed by atoms with E-state index in [0.29, 0.717) is 6.04 Å². The molecule has 1 unspecified atom stereocenters. The first-order chi connectivity index (χ1) is 9.97. The molecule has 1 heterocycles. The molecule has 1 saturated heterocycles. The fourth-order valence-corrected chi connectivity index (χ4v) is 2.94. The summed E-state index contributed by atoms with van der Waals surface area (Å²) in [6.07, 6.45) is 4.01. The summed E-state index contributed by atoms with van der Waals surface area (Å²) in [7, 11) is 2.17. The smallest absolute Gasteiger partial charge is 0.328 e. The molecular weight excluding hydrogens is 264 g/mol. The third-order valence-electron chi connectivity index (χ3n) is 4.04. The van der Waals surface area contributed by atoms with Crippen LogP contribution >= 0.6 is 0 Å². The summed E-state index contributed by atoms with van der Waals surface area (Å²) in [5.74, 6) is -0.914. The molecule has 1 aliphatic rings. The van der Waals surface area contributed by atoms with Crippen molar-refractivity contribution in [1.82, 2.24) is 4.90 Å². The molecule has 114 valence electrons. The molecule has 1 aromatic carbocycles. The molecule has 0 saturated carbocycles. The third-order valence-corrected chi connectivity index (χ3v) is 4.04. The molecule has 0 aromatic heterocycles. The van der Waals surface area contributed by atoms with Crippen LogP contribution in [-0.2, 0) is 4.79 Å². The first kappa shape index (κ1) is 15.6. The molecule has 1 aromatic rings. The van der Waals surface area contributed by atoms with Gasteiger partial charge in [0.1, 0.15) is 0 Å². The molecule has 0 amide bonds. The van der Waals surface area contributed by atoms with Crippen LogP contribution in [-0.4, -0.2) is 48.7 Å². The summed E-state index contributed by atoms with van der Waals surface area (Å²) in [6.45, 7) is 7.56. The molecule has 1 fully saturated rings. The van der Waals surface area contributed by atoms with Crippen LogP contribution in [0.3, 0.4) is 0 Å². The number of anilines is 1. The zero-order valence-electron chi connectivity index (χ0n) is 13.0. The Hall–Kier alpha value is -1.81. The van der Waals surface area contributed by atoms with Crippen molar-refractivity contribution in [2.45, 2.75) is 26.3 Å². The first-order valence-electron chi connectivity index (χ1n) is 7.44. The first-order valence-corrected chi connectivity index (χ1v) is 7.44. The Balaban J connectivity index is 2.20. The Labute approximate surface area is 126 Å². The quantitative estimate of drug-likeness (QED) is 0.868. The van der Waals surface area contributed by atoms with Gasteiger partial charge in [0.05, 0.1) is 0 Å². The van der Waals surface area contributed by atoms with Gasteiger partial charge in [0.25, 0.3) is 0 Å². The highest BCUT2D eigenvalue weighted by Crippen LogP contribution is 2.24. The standard InChI is InChI=1S/C17H24N2O2/c1-13-11-16(7-5-15(13)6-8-17(20)21)19-10-4-9-18(3)12-14(19)2/h5-8,11,14H,4,9-10,12H2,1-3H3,(H,20,21)/b8-6+. The van der Waals surface area contributed by atoms with Gasteiger partial charge in [-0.2, -0.15) is 0 Å². The van der Waals surface area contributed by atoms with E-state index in [9.17, 15) is 4.79 Å². The highest BCUT2D eigenvalue weighted by Gasteiger charge is 2.20. The maximum absolute atomic E-state index is 10.6. The number of hydrogen-bond acceptors (Lipinski definition) is 3. The van der Waals surface area contributed by atoms with Gasteiger partial charge in [-0.1, -0.05) is 6.07 Å². The summed E-state index contributed by atoms with van der Waals surface area (Å²) in [6, 6.07) is 6.74. The van der Waals surface area contributed by atoms with E-state index < -0.39 is 5.97 Å². The van der Waals surface area contributed by atoms with Crippen LogP contribution in [0.15, 0.2) is 24.3 Å². The van der Waals surface area contributed by atoms with Crippen molar-refractivity contribution in [3.8, 4) is 0 Å². The summed E-state index contributed by atoms with van der Waals surface area (Å²) >= 11 is 0. The van der Waals surface area contributed by atoms with Crippen molar-refractivity contribution < 1.29 is 9.90 Å². The van der Waals surface area contributed by atoms with Crippen LogP contribution in [0.2, 0.25) is 0 Å². The Morgan fingerprint density at radius 3 is 2.81 bits per heavy atom. The average Bonchev–Trinajstić information content (AvgIpc) is 2.57. The van der Waals surface area contributed by atoms with E-state index >= 15 is 0 Å². The molecule has 0 aliphatic carbocycles. The van der Waals surface area contributed by atoms with Gasteiger partial charge < -0.3 is 14.9 Å². The normalized spacial score (nSPS) is 20.7. The maximum atomic E-state index is 10.6. The van der Waals surface area contributed by atoms with E-state index in [0.717, 1.165) is 30.8 Å². The van der Waals surface area contributed by atoms with Crippen molar-refractivity contribution in [3.63, 3.8) is 0 Å². The number of rotatable bonds is 3. The molecule has 21 heavy (non-hydrogen) atoms. The minimum absolute atomic E-state index is 0.484. The van der Waals surface area contributed by atoms with Crippen LogP contribution in [0.1, 0.15) is 24.5 Å². The predicted molar refractivity (Wildman–Crippen MR) is 86.8 cm³/mol. The highest BCUT2D eigenvalue weighted by atomic mass is 16.4. The van der Waals surface area contributed by atoms with E-state index in [4.69, 9.17) is 5.11 Å². The molecule has 2 rings (SSSR count). The van der Waals surface area contributed by atoms with E-state index in [1.165, 1.54) is 18.2 Å². The number of carboxylic acids is 1. The van der Waals surface area contributed by atoms with Crippen molar-refractivity contribution in [2.75, 3.05) is 31.6 Å². The van der Waals surface area contributed by atoms with Gasteiger partial charge in [0.2, 0.25) is 0 Å².